The van der Waals surface area contributed by atoms with Crippen LogP contribution < -0.4 is 10.1 Å². The highest BCUT2D eigenvalue weighted by molar-refractivity contribution is 5.74. The molecule has 0 aromatic heterocycles. The van der Waals surface area contributed by atoms with Crippen molar-refractivity contribution in [2.24, 2.45) is 5.92 Å². The summed E-state index contributed by atoms with van der Waals surface area (Å²) < 4.78 is 10.4. The maximum absolute atomic E-state index is 12.8. The molecule has 2 bridgehead atoms. The Labute approximate surface area is 150 Å². The molecule has 0 radical (unpaired) electrons. The molecular weight excluding hydrogens is 318 g/mol. The van der Waals surface area contributed by atoms with Crippen molar-refractivity contribution in [1.29, 1.82) is 0 Å². The van der Waals surface area contributed by atoms with E-state index in [1.807, 2.05) is 29.2 Å². The smallest absolute Gasteiger partial charge is 0.318 e. The fourth-order valence-electron chi connectivity index (χ4n) is 3.78. The van der Waals surface area contributed by atoms with Crippen LogP contribution in [0.25, 0.3) is 0 Å². The molecule has 6 heteroatoms. The third-order valence-electron chi connectivity index (χ3n) is 5.35. The molecule has 4 rings (SSSR count). The highest BCUT2D eigenvalue weighted by Gasteiger charge is 2.35. The number of hydrogen-bond acceptors (Lipinski definition) is 4. The Morgan fingerprint density at radius 1 is 1.24 bits per heavy atom. The number of piperidine rings is 3. The molecule has 3 saturated heterocycles. The maximum Gasteiger partial charge on any atom is 0.318 e. The van der Waals surface area contributed by atoms with Crippen molar-refractivity contribution < 1.29 is 14.3 Å². The van der Waals surface area contributed by atoms with E-state index < -0.39 is 0 Å². The van der Waals surface area contributed by atoms with Crippen LogP contribution in [0, 0.1) is 5.92 Å². The number of methoxy groups -OCH3 is 2. The molecule has 3 heterocycles. The number of amides is 2. The Bertz CT molecular complexity index is 556. The highest BCUT2D eigenvalue weighted by Crippen LogP contribution is 2.27. The van der Waals surface area contributed by atoms with Gasteiger partial charge in [0.05, 0.1) is 13.7 Å². The molecule has 1 aromatic carbocycles. The number of hydrogen-bond donors (Lipinski definition) is 1. The van der Waals surface area contributed by atoms with Gasteiger partial charge in [-0.15, -0.1) is 0 Å². The second-order valence-corrected chi connectivity index (χ2v) is 6.96. The molecule has 2 amide bonds. The molecule has 1 atom stereocenters. The number of ether oxygens (including phenoxy) is 2. The number of urea groups is 1. The van der Waals surface area contributed by atoms with Gasteiger partial charge in [0.25, 0.3) is 0 Å². The molecule has 3 aliphatic heterocycles. The van der Waals surface area contributed by atoms with E-state index >= 15 is 0 Å². The monoisotopic (exact) mass is 347 g/mol. The van der Waals surface area contributed by atoms with Gasteiger partial charge in [-0.2, -0.15) is 0 Å². The summed E-state index contributed by atoms with van der Waals surface area (Å²) in [6.45, 7) is 5.02. The largest absolute Gasteiger partial charge is 0.497 e. The number of nitrogens with one attached hydrogen (secondary N) is 1. The van der Waals surface area contributed by atoms with E-state index in [0.29, 0.717) is 25.6 Å². The third-order valence-corrected chi connectivity index (χ3v) is 5.35. The van der Waals surface area contributed by atoms with Crippen LogP contribution in [0.2, 0.25) is 0 Å². The zero-order valence-electron chi connectivity index (χ0n) is 15.2. The number of benzene rings is 1. The van der Waals surface area contributed by atoms with Gasteiger partial charge >= 0.3 is 6.03 Å². The van der Waals surface area contributed by atoms with Gasteiger partial charge in [-0.1, -0.05) is 12.1 Å². The first-order valence-electron chi connectivity index (χ1n) is 9.09. The first kappa shape index (κ1) is 18.0. The topological polar surface area (TPSA) is 54.0 Å². The predicted molar refractivity (Wildman–Crippen MR) is 96.8 cm³/mol. The summed E-state index contributed by atoms with van der Waals surface area (Å²) in [6, 6.07) is 8.13. The lowest BCUT2D eigenvalue weighted by atomic mass is 9.84. The van der Waals surface area contributed by atoms with Crippen LogP contribution in [0.3, 0.4) is 0 Å². The normalized spacial score (nSPS) is 24.8. The molecule has 0 saturated carbocycles. The van der Waals surface area contributed by atoms with Crippen molar-refractivity contribution in [2.75, 3.05) is 47.0 Å². The van der Waals surface area contributed by atoms with Crippen molar-refractivity contribution in [2.45, 2.75) is 25.4 Å². The van der Waals surface area contributed by atoms with Gasteiger partial charge in [0.1, 0.15) is 5.75 Å². The number of rotatable bonds is 7. The molecule has 0 unspecified atom stereocenters. The van der Waals surface area contributed by atoms with E-state index in [-0.39, 0.29) is 12.1 Å². The third kappa shape index (κ3) is 4.64. The molecule has 3 fully saturated rings. The van der Waals surface area contributed by atoms with Crippen LogP contribution >= 0.6 is 0 Å². The quantitative estimate of drug-likeness (QED) is 0.819. The zero-order chi connectivity index (χ0) is 17.6. The molecule has 1 aromatic rings. The Hall–Kier alpha value is -1.79. The lowest BCUT2D eigenvalue weighted by molar-refractivity contribution is 0.0711. The van der Waals surface area contributed by atoms with Gasteiger partial charge in [-0.3, -0.25) is 0 Å². The van der Waals surface area contributed by atoms with Gasteiger partial charge in [0.15, 0.2) is 0 Å². The Morgan fingerprint density at radius 3 is 2.52 bits per heavy atom. The highest BCUT2D eigenvalue weighted by atomic mass is 16.5. The van der Waals surface area contributed by atoms with Gasteiger partial charge in [-0.25, -0.2) is 4.79 Å². The summed E-state index contributed by atoms with van der Waals surface area (Å²) in [4.78, 5) is 17.1. The van der Waals surface area contributed by atoms with E-state index in [0.717, 1.165) is 17.9 Å². The lowest BCUT2D eigenvalue weighted by Gasteiger charge is -2.45. The average Bonchev–Trinajstić information content (AvgIpc) is 2.66. The first-order valence-corrected chi connectivity index (χ1v) is 9.09. The van der Waals surface area contributed by atoms with E-state index in [9.17, 15) is 4.79 Å². The average molecular weight is 347 g/mol. The van der Waals surface area contributed by atoms with Gasteiger partial charge in [0, 0.05) is 32.8 Å². The second kappa shape index (κ2) is 8.54. The first-order chi connectivity index (χ1) is 12.2. The molecule has 0 spiro atoms. The van der Waals surface area contributed by atoms with Crippen molar-refractivity contribution in [1.82, 2.24) is 15.1 Å². The van der Waals surface area contributed by atoms with E-state index in [2.05, 4.69) is 10.2 Å². The summed E-state index contributed by atoms with van der Waals surface area (Å²) in [7, 11) is 3.32. The summed E-state index contributed by atoms with van der Waals surface area (Å²) in [5.41, 5.74) is 1.08. The molecular formula is C19H29N3O3. The van der Waals surface area contributed by atoms with Crippen LogP contribution in [0.15, 0.2) is 24.3 Å². The maximum atomic E-state index is 12.8. The minimum atomic E-state index is 0.00613. The summed E-state index contributed by atoms with van der Waals surface area (Å²) >= 11 is 0. The van der Waals surface area contributed by atoms with Gasteiger partial charge < -0.3 is 24.6 Å². The number of nitrogens with zero attached hydrogens (tertiary/aromatic N) is 2. The zero-order valence-corrected chi connectivity index (χ0v) is 15.2. The van der Waals surface area contributed by atoms with Crippen molar-refractivity contribution in [3.8, 4) is 5.75 Å². The van der Waals surface area contributed by atoms with E-state index in [1.54, 1.807) is 14.2 Å². The predicted octanol–water partition coefficient (Wildman–Crippen LogP) is 1.95. The summed E-state index contributed by atoms with van der Waals surface area (Å²) in [5.74, 6) is 1.45. The SMILES string of the molecule is COCCN(Cc1ccc(OC)cc1)C(=O)N[C@@H]1CN2CCC1CC2. The minimum absolute atomic E-state index is 0.00613. The Kier molecular flexibility index (Phi) is 6.15. The van der Waals surface area contributed by atoms with Crippen molar-refractivity contribution in [3.05, 3.63) is 29.8 Å². The number of fused-ring (bicyclic) bond motifs is 3. The van der Waals surface area contributed by atoms with Crippen LogP contribution in [-0.2, 0) is 11.3 Å². The standard InChI is InChI=1S/C19H29N3O3/c1-24-12-11-22(13-15-3-5-17(25-2)6-4-15)19(23)20-18-14-21-9-7-16(18)8-10-21/h3-6,16,18H,7-14H2,1-2H3,(H,20,23)/t18-/m1/s1. The summed E-state index contributed by atoms with van der Waals surface area (Å²) in [5, 5.41) is 3.27. The molecule has 1 N–H and O–H groups in total. The van der Waals surface area contributed by atoms with Gasteiger partial charge in [-0.05, 0) is 49.5 Å². The van der Waals surface area contributed by atoms with Crippen LogP contribution in [0.5, 0.6) is 5.75 Å². The van der Waals surface area contributed by atoms with Crippen LogP contribution in [0.1, 0.15) is 18.4 Å². The molecule has 25 heavy (non-hydrogen) atoms. The fraction of sp³-hybridized carbons (Fsp3) is 0.632. The van der Waals surface area contributed by atoms with E-state index in [1.165, 1.54) is 25.9 Å². The molecule has 3 aliphatic rings. The Balaban J connectivity index is 1.61. The molecule has 138 valence electrons. The minimum Gasteiger partial charge on any atom is -0.497 e. The second-order valence-electron chi connectivity index (χ2n) is 6.96. The van der Waals surface area contributed by atoms with E-state index in [4.69, 9.17) is 9.47 Å². The molecule has 6 nitrogen and oxygen atoms in total. The summed E-state index contributed by atoms with van der Waals surface area (Å²) in [6.07, 6.45) is 2.39. The lowest BCUT2D eigenvalue weighted by Crippen LogP contribution is -2.59. The van der Waals surface area contributed by atoms with Crippen LogP contribution in [-0.4, -0.2) is 68.9 Å². The van der Waals surface area contributed by atoms with Crippen LogP contribution in [0.4, 0.5) is 4.79 Å². The van der Waals surface area contributed by atoms with Crippen molar-refractivity contribution in [3.63, 3.8) is 0 Å². The number of carbonyl (C=O) groups is 1. The van der Waals surface area contributed by atoms with Crippen molar-refractivity contribution >= 4 is 6.03 Å². The Morgan fingerprint density at radius 2 is 1.96 bits per heavy atom. The molecule has 0 aliphatic carbocycles. The number of carbonyl (C=O) groups excluding carboxylic acids is 1. The van der Waals surface area contributed by atoms with Gasteiger partial charge in [0.2, 0.25) is 0 Å². The fourth-order valence-corrected chi connectivity index (χ4v) is 3.78.